The highest BCUT2D eigenvalue weighted by Crippen LogP contribution is 2.25. The lowest BCUT2D eigenvalue weighted by Crippen LogP contribution is -2.47. The fourth-order valence-electron chi connectivity index (χ4n) is 2.14. The van der Waals surface area contributed by atoms with Gasteiger partial charge in [0.2, 0.25) is 5.91 Å². The van der Waals surface area contributed by atoms with E-state index in [0.29, 0.717) is 0 Å². The molecular formula is C14H23NO4. The van der Waals surface area contributed by atoms with Crippen LogP contribution in [-0.4, -0.2) is 40.8 Å². The first-order chi connectivity index (χ1) is 8.81. The highest BCUT2D eigenvalue weighted by molar-refractivity contribution is 5.95. The molecule has 0 radical (unpaired) electrons. The first-order valence-electron chi connectivity index (χ1n) is 6.61. The van der Waals surface area contributed by atoms with Crippen molar-refractivity contribution in [1.82, 2.24) is 4.90 Å². The van der Waals surface area contributed by atoms with Crippen LogP contribution >= 0.6 is 0 Å². The average Bonchev–Trinajstić information content (AvgIpc) is 2.71. The lowest BCUT2D eigenvalue weighted by Gasteiger charge is -2.28. The van der Waals surface area contributed by atoms with Crippen molar-refractivity contribution < 1.29 is 19.4 Å². The van der Waals surface area contributed by atoms with Crippen LogP contribution < -0.4 is 0 Å². The number of hydrogen-bond donors (Lipinski definition) is 1. The van der Waals surface area contributed by atoms with Gasteiger partial charge in [-0.05, 0) is 11.8 Å². The molecule has 1 heterocycles. The van der Waals surface area contributed by atoms with E-state index in [1.54, 1.807) is 0 Å². The van der Waals surface area contributed by atoms with Gasteiger partial charge in [-0.2, -0.15) is 0 Å². The molecule has 3 atom stereocenters. The highest BCUT2D eigenvalue weighted by atomic mass is 16.6. The summed E-state index contributed by atoms with van der Waals surface area (Å²) in [5.74, 6) is -1.20. The number of nitrogens with zero attached hydrogens (tertiary/aromatic N) is 1. The molecule has 0 aliphatic carbocycles. The number of carbonyl (C=O) groups is 2. The summed E-state index contributed by atoms with van der Waals surface area (Å²) in [5, 5.41) is 10.1. The fraction of sp³-hybridized carbons (Fsp3) is 0.714. The summed E-state index contributed by atoms with van der Waals surface area (Å²) in [6.07, 6.45) is -0.0894. The molecule has 1 aliphatic heterocycles. The molecule has 5 heteroatoms. The van der Waals surface area contributed by atoms with Crippen LogP contribution in [0.15, 0.2) is 12.7 Å². The van der Waals surface area contributed by atoms with E-state index in [1.165, 1.54) is 6.08 Å². The van der Waals surface area contributed by atoms with Crippen LogP contribution in [0.4, 0.5) is 4.79 Å². The molecule has 0 aromatic carbocycles. The van der Waals surface area contributed by atoms with Gasteiger partial charge in [0, 0.05) is 0 Å². The molecule has 0 unspecified atom stereocenters. The Kier molecular flexibility index (Phi) is 5.11. The topological polar surface area (TPSA) is 66.8 Å². The second-order valence-corrected chi connectivity index (χ2v) is 5.59. The number of amides is 2. The molecule has 1 aliphatic rings. The third kappa shape index (κ3) is 3.15. The number of aliphatic hydroxyl groups is 1. The predicted molar refractivity (Wildman–Crippen MR) is 71.4 cm³/mol. The molecule has 2 amide bonds. The van der Waals surface area contributed by atoms with E-state index in [-0.39, 0.29) is 24.5 Å². The fourth-order valence-corrected chi connectivity index (χ4v) is 2.14. The largest absolute Gasteiger partial charge is 0.447 e. The number of hydrogen-bond acceptors (Lipinski definition) is 4. The van der Waals surface area contributed by atoms with E-state index in [9.17, 15) is 14.7 Å². The smallest absolute Gasteiger partial charge is 0.417 e. The van der Waals surface area contributed by atoms with Crippen molar-refractivity contribution in [3.8, 4) is 0 Å². The van der Waals surface area contributed by atoms with E-state index in [0.717, 1.165) is 4.90 Å². The zero-order valence-corrected chi connectivity index (χ0v) is 12.0. The first kappa shape index (κ1) is 15.7. The van der Waals surface area contributed by atoms with Crippen LogP contribution in [0.1, 0.15) is 27.7 Å². The van der Waals surface area contributed by atoms with Gasteiger partial charge in [0.1, 0.15) is 6.61 Å². The summed E-state index contributed by atoms with van der Waals surface area (Å²) in [4.78, 5) is 25.3. The molecule has 108 valence electrons. The van der Waals surface area contributed by atoms with Gasteiger partial charge < -0.3 is 9.84 Å². The van der Waals surface area contributed by atoms with Crippen LogP contribution in [0.3, 0.4) is 0 Å². The molecule has 0 saturated carbocycles. The molecule has 1 rings (SSSR count). The number of ether oxygens (including phenoxy) is 1. The molecule has 19 heavy (non-hydrogen) atoms. The van der Waals surface area contributed by atoms with E-state index < -0.39 is 24.0 Å². The van der Waals surface area contributed by atoms with Gasteiger partial charge in [-0.25, -0.2) is 9.69 Å². The Labute approximate surface area is 114 Å². The van der Waals surface area contributed by atoms with Crippen LogP contribution in [0, 0.1) is 17.8 Å². The van der Waals surface area contributed by atoms with Crippen molar-refractivity contribution in [2.45, 2.75) is 39.8 Å². The number of cyclic esters (lactones) is 1. The number of rotatable bonds is 5. The number of carbonyl (C=O) groups excluding carboxylic acids is 2. The number of aliphatic hydroxyl groups excluding tert-OH is 1. The van der Waals surface area contributed by atoms with Crippen molar-refractivity contribution >= 4 is 12.0 Å². The van der Waals surface area contributed by atoms with E-state index in [4.69, 9.17) is 4.74 Å². The van der Waals surface area contributed by atoms with Crippen LogP contribution in [-0.2, 0) is 9.53 Å². The van der Waals surface area contributed by atoms with Crippen LogP contribution in [0.5, 0.6) is 0 Å². The van der Waals surface area contributed by atoms with Crippen molar-refractivity contribution in [2.24, 2.45) is 17.8 Å². The van der Waals surface area contributed by atoms with E-state index in [2.05, 4.69) is 6.58 Å². The lowest BCUT2D eigenvalue weighted by atomic mass is 9.91. The van der Waals surface area contributed by atoms with Crippen molar-refractivity contribution in [3.63, 3.8) is 0 Å². The van der Waals surface area contributed by atoms with Gasteiger partial charge in [-0.1, -0.05) is 33.8 Å². The van der Waals surface area contributed by atoms with Crippen molar-refractivity contribution in [2.75, 3.05) is 6.61 Å². The van der Waals surface area contributed by atoms with E-state index >= 15 is 0 Å². The van der Waals surface area contributed by atoms with Crippen LogP contribution in [0.25, 0.3) is 0 Å². The zero-order valence-electron chi connectivity index (χ0n) is 12.0. The molecule has 1 N–H and O–H groups in total. The Morgan fingerprint density at radius 3 is 2.47 bits per heavy atom. The van der Waals surface area contributed by atoms with Gasteiger partial charge in [-0.15, -0.1) is 6.58 Å². The summed E-state index contributed by atoms with van der Waals surface area (Å²) in [7, 11) is 0. The number of imide groups is 1. The molecule has 0 aromatic rings. The highest BCUT2D eigenvalue weighted by Gasteiger charge is 2.43. The van der Waals surface area contributed by atoms with Gasteiger partial charge in [-0.3, -0.25) is 4.79 Å². The molecule has 1 fully saturated rings. The van der Waals surface area contributed by atoms with Gasteiger partial charge in [0.25, 0.3) is 0 Å². The van der Waals surface area contributed by atoms with Gasteiger partial charge >= 0.3 is 6.09 Å². The maximum atomic E-state index is 12.4. The minimum atomic E-state index is -0.855. The first-order valence-corrected chi connectivity index (χ1v) is 6.61. The average molecular weight is 269 g/mol. The normalized spacial score (nSPS) is 22.6. The third-order valence-electron chi connectivity index (χ3n) is 3.50. The molecule has 1 saturated heterocycles. The van der Waals surface area contributed by atoms with Crippen molar-refractivity contribution in [3.05, 3.63) is 12.7 Å². The standard InChI is InChI=1S/C14H23NO4/c1-6-10(12(16)9(4)5)13(17)15-11(8(2)3)7-19-14(15)18/h6,8-12,16H,1,7H2,2-5H3/t10-,11+,12+/m0/s1. The van der Waals surface area contributed by atoms with Gasteiger partial charge in [0.15, 0.2) is 0 Å². The molecule has 5 nitrogen and oxygen atoms in total. The molecular weight excluding hydrogens is 246 g/mol. The van der Waals surface area contributed by atoms with E-state index in [1.807, 2.05) is 27.7 Å². The maximum absolute atomic E-state index is 12.4. The van der Waals surface area contributed by atoms with Crippen LogP contribution in [0.2, 0.25) is 0 Å². The van der Waals surface area contributed by atoms with Gasteiger partial charge in [0.05, 0.1) is 18.1 Å². The quantitative estimate of drug-likeness (QED) is 0.773. The molecule has 0 spiro atoms. The molecule has 0 aromatic heterocycles. The Morgan fingerprint density at radius 2 is 2.05 bits per heavy atom. The Balaban J connectivity index is 2.95. The summed E-state index contributed by atoms with van der Waals surface area (Å²) in [6, 6.07) is -0.276. The Morgan fingerprint density at radius 1 is 1.47 bits per heavy atom. The minimum Gasteiger partial charge on any atom is -0.447 e. The zero-order chi connectivity index (χ0) is 14.7. The second kappa shape index (κ2) is 6.19. The summed E-state index contributed by atoms with van der Waals surface area (Å²) < 4.78 is 4.95. The summed E-state index contributed by atoms with van der Waals surface area (Å²) in [5.41, 5.74) is 0. The maximum Gasteiger partial charge on any atom is 0.417 e. The third-order valence-corrected chi connectivity index (χ3v) is 3.50. The predicted octanol–water partition coefficient (Wildman–Crippen LogP) is 1.81. The summed E-state index contributed by atoms with van der Waals surface area (Å²) in [6.45, 7) is 11.3. The Hall–Kier alpha value is -1.36. The van der Waals surface area contributed by atoms with Crippen molar-refractivity contribution in [1.29, 1.82) is 0 Å². The molecule has 0 bridgehead atoms. The summed E-state index contributed by atoms with van der Waals surface area (Å²) >= 11 is 0. The lowest BCUT2D eigenvalue weighted by molar-refractivity contribution is -0.136. The Bertz CT molecular complexity index is 364. The second-order valence-electron chi connectivity index (χ2n) is 5.59. The monoisotopic (exact) mass is 269 g/mol. The minimum absolute atomic E-state index is 0.0944. The SMILES string of the molecule is C=C[C@H](C(=O)N1C(=O)OC[C@@H]1C(C)C)[C@H](O)C(C)C.